The number of hydrogen-bond acceptors (Lipinski definition) is 4. The molecule has 1 aliphatic heterocycles. The van der Waals surface area contributed by atoms with Gasteiger partial charge in [-0.25, -0.2) is 8.42 Å². The number of rotatable bonds is 5. The third-order valence-electron chi connectivity index (χ3n) is 4.50. The lowest BCUT2D eigenvalue weighted by Crippen LogP contribution is -2.43. The predicted molar refractivity (Wildman–Crippen MR) is 99.7 cm³/mol. The van der Waals surface area contributed by atoms with Crippen molar-refractivity contribution in [2.75, 3.05) is 19.0 Å². The minimum atomic E-state index is -3.72. The van der Waals surface area contributed by atoms with E-state index in [1.54, 1.807) is 48.5 Å². The van der Waals surface area contributed by atoms with Crippen molar-refractivity contribution in [3.05, 3.63) is 54.1 Å². The maximum absolute atomic E-state index is 13.0. The Hall–Kier alpha value is -2.38. The van der Waals surface area contributed by atoms with Crippen molar-refractivity contribution in [2.24, 2.45) is 0 Å². The Bertz CT molecular complexity index is 894. The van der Waals surface area contributed by atoms with Gasteiger partial charge in [0.15, 0.2) is 0 Å². The van der Waals surface area contributed by atoms with Crippen LogP contribution in [0.5, 0.6) is 5.75 Å². The highest BCUT2D eigenvalue weighted by molar-refractivity contribution is 7.89. The van der Waals surface area contributed by atoms with Crippen molar-refractivity contribution < 1.29 is 17.9 Å². The number of hydrogen-bond donors (Lipinski definition) is 1. The molecule has 0 unspecified atom stereocenters. The summed E-state index contributed by atoms with van der Waals surface area (Å²) in [7, 11) is -2.19. The number of ether oxygens (including phenoxy) is 1. The Morgan fingerprint density at radius 1 is 1.15 bits per heavy atom. The number of benzene rings is 2. The normalized spacial score (nSPS) is 17.8. The van der Waals surface area contributed by atoms with Crippen LogP contribution < -0.4 is 10.1 Å². The molecule has 6 nitrogen and oxygen atoms in total. The summed E-state index contributed by atoms with van der Waals surface area (Å²) in [6.45, 7) is 2.23. The van der Waals surface area contributed by atoms with E-state index in [2.05, 4.69) is 5.32 Å². The summed E-state index contributed by atoms with van der Waals surface area (Å²) in [5.41, 5.74) is 1.51. The monoisotopic (exact) mass is 374 g/mol. The van der Waals surface area contributed by atoms with Gasteiger partial charge in [0.1, 0.15) is 11.8 Å². The van der Waals surface area contributed by atoms with Crippen molar-refractivity contribution in [3.8, 4) is 5.75 Å². The smallest absolute Gasteiger partial charge is 0.243 e. The Kier molecular flexibility index (Phi) is 5.29. The van der Waals surface area contributed by atoms with Crippen LogP contribution >= 0.6 is 0 Å². The molecule has 3 rings (SSSR count). The van der Waals surface area contributed by atoms with E-state index in [-0.39, 0.29) is 10.8 Å². The van der Waals surface area contributed by atoms with Crippen molar-refractivity contribution >= 4 is 21.6 Å². The van der Waals surface area contributed by atoms with Gasteiger partial charge >= 0.3 is 0 Å². The molecular formula is C19H22N2O4S. The molecule has 2 aromatic carbocycles. The van der Waals surface area contributed by atoms with Crippen LogP contribution in [0.2, 0.25) is 0 Å². The molecule has 1 aliphatic rings. The number of nitrogens with one attached hydrogen (secondary N) is 1. The first-order valence-corrected chi connectivity index (χ1v) is 9.90. The fourth-order valence-corrected chi connectivity index (χ4v) is 4.76. The number of amides is 1. The zero-order valence-electron chi connectivity index (χ0n) is 14.8. The summed E-state index contributed by atoms with van der Waals surface area (Å²) in [6, 6.07) is 13.0. The summed E-state index contributed by atoms with van der Waals surface area (Å²) in [4.78, 5) is 13.0. The van der Waals surface area contributed by atoms with Crippen LogP contribution in [0.15, 0.2) is 53.4 Å². The number of methoxy groups -OCH3 is 1. The minimum Gasteiger partial charge on any atom is -0.495 e. The van der Waals surface area contributed by atoms with Crippen LogP contribution in [0.25, 0.3) is 0 Å². The Balaban J connectivity index is 1.83. The van der Waals surface area contributed by atoms with Crippen molar-refractivity contribution in [3.63, 3.8) is 0 Å². The van der Waals surface area contributed by atoms with Gasteiger partial charge in [0, 0.05) is 6.54 Å². The summed E-state index contributed by atoms with van der Waals surface area (Å²) in [5, 5.41) is 2.80. The molecule has 1 atom stereocenters. The molecule has 0 bridgehead atoms. The number of carbonyl (C=O) groups is 1. The molecule has 138 valence electrons. The summed E-state index contributed by atoms with van der Waals surface area (Å²) in [6.07, 6.45) is 1.14. The molecule has 0 saturated carbocycles. The van der Waals surface area contributed by atoms with Gasteiger partial charge in [-0.2, -0.15) is 4.31 Å². The molecule has 7 heteroatoms. The lowest BCUT2D eigenvalue weighted by atomic mass is 10.2. The van der Waals surface area contributed by atoms with Gasteiger partial charge in [0.05, 0.1) is 17.7 Å². The molecule has 1 fully saturated rings. The molecule has 26 heavy (non-hydrogen) atoms. The maximum atomic E-state index is 13.0. The SMILES string of the molecule is COc1ccccc1NC(=O)[C@@H]1CCCN1S(=O)(=O)c1ccc(C)cc1. The summed E-state index contributed by atoms with van der Waals surface area (Å²) in [5.74, 6) is 0.189. The molecule has 1 N–H and O–H groups in total. The van der Waals surface area contributed by atoms with Crippen LogP contribution in [-0.4, -0.2) is 38.3 Å². The van der Waals surface area contributed by atoms with E-state index in [0.29, 0.717) is 30.8 Å². The number of nitrogens with zero attached hydrogens (tertiary/aromatic N) is 1. The zero-order chi connectivity index (χ0) is 18.7. The first-order valence-electron chi connectivity index (χ1n) is 8.46. The molecule has 2 aromatic rings. The molecule has 1 amide bonds. The molecule has 1 saturated heterocycles. The second-order valence-corrected chi connectivity index (χ2v) is 8.17. The maximum Gasteiger partial charge on any atom is 0.243 e. The third-order valence-corrected chi connectivity index (χ3v) is 6.42. The van der Waals surface area contributed by atoms with E-state index in [0.717, 1.165) is 5.56 Å². The molecule has 1 heterocycles. The van der Waals surface area contributed by atoms with Gasteiger partial charge in [-0.1, -0.05) is 29.8 Å². The highest BCUT2D eigenvalue weighted by atomic mass is 32.2. The second kappa shape index (κ2) is 7.47. The predicted octanol–water partition coefficient (Wildman–Crippen LogP) is 2.80. The van der Waals surface area contributed by atoms with Gasteiger partial charge in [-0.05, 0) is 44.0 Å². The van der Waals surface area contributed by atoms with Gasteiger partial charge in [0.2, 0.25) is 15.9 Å². The van der Waals surface area contributed by atoms with Crippen LogP contribution in [-0.2, 0) is 14.8 Å². The van der Waals surface area contributed by atoms with Crippen LogP contribution in [0.1, 0.15) is 18.4 Å². The van der Waals surface area contributed by atoms with Crippen molar-refractivity contribution in [1.29, 1.82) is 0 Å². The van der Waals surface area contributed by atoms with Crippen LogP contribution in [0.3, 0.4) is 0 Å². The van der Waals surface area contributed by atoms with E-state index >= 15 is 0 Å². The van der Waals surface area contributed by atoms with E-state index < -0.39 is 16.1 Å². The van der Waals surface area contributed by atoms with E-state index in [1.165, 1.54) is 11.4 Å². The Morgan fingerprint density at radius 2 is 1.85 bits per heavy atom. The Labute approximate surface area is 153 Å². The summed E-state index contributed by atoms with van der Waals surface area (Å²) < 4.78 is 32.4. The number of carbonyl (C=O) groups excluding carboxylic acids is 1. The lowest BCUT2D eigenvalue weighted by molar-refractivity contribution is -0.119. The number of anilines is 1. The van der Waals surface area contributed by atoms with Gasteiger partial charge in [0.25, 0.3) is 0 Å². The average molecular weight is 374 g/mol. The molecule has 0 spiro atoms. The topological polar surface area (TPSA) is 75.7 Å². The second-order valence-electron chi connectivity index (χ2n) is 6.28. The van der Waals surface area contributed by atoms with Crippen molar-refractivity contribution in [2.45, 2.75) is 30.7 Å². The standard InChI is InChI=1S/C19H22N2O4S/c1-14-9-11-15(12-10-14)26(23,24)21-13-5-7-17(21)19(22)20-16-6-3-4-8-18(16)25-2/h3-4,6,8-12,17H,5,7,13H2,1-2H3,(H,20,22)/t17-/m0/s1. The number of para-hydroxylation sites is 2. The fraction of sp³-hybridized carbons (Fsp3) is 0.316. The molecule has 0 aliphatic carbocycles. The first-order chi connectivity index (χ1) is 12.4. The highest BCUT2D eigenvalue weighted by Crippen LogP contribution is 2.29. The number of aryl methyl sites for hydroxylation is 1. The quantitative estimate of drug-likeness (QED) is 0.873. The van der Waals surface area contributed by atoms with E-state index in [1.807, 2.05) is 6.92 Å². The van der Waals surface area contributed by atoms with Gasteiger partial charge in [-0.15, -0.1) is 0 Å². The largest absolute Gasteiger partial charge is 0.495 e. The zero-order valence-corrected chi connectivity index (χ0v) is 15.6. The number of sulfonamides is 1. The Morgan fingerprint density at radius 3 is 2.54 bits per heavy atom. The summed E-state index contributed by atoms with van der Waals surface area (Å²) >= 11 is 0. The van der Waals surface area contributed by atoms with Crippen molar-refractivity contribution in [1.82, 2.24) is 4.31 Å². The lowest BCUT2D eigenvalue weighted by Gasteiger charge is -2.23. The van der Waals surface area contributed by atoms with Gasteiger partial charge < -0.3 is 10.1 Å². The minimum absolute atomic E-state index is 0.208. The van der Waals surface area contributed by atoms with Gasteiger partial charge in [-0.3, -0.25) is 4.79 Å². The third kappa shape index (κ3) is 3.59. The fourth-order valence-electron chi connectivity index (χ4n) is 3.10. The molecule has 0 radical (unpaired) electrons. The first kappa shape index (κ1) is 18.4. The molecular weight excluding hydrogens is 352 g/mol. The van der Waals surface area contributed by atoms with E-state index in [4.69, 9.17) is 4.74 Å². The van der Waals surface area contributed by atoms with Crippen LogP contribution in [0, 0.1) is 6.92 Å². The highest BCUT2D eigenvalue weighted by Gasteiger charge is 2.39. The molecule has 0 aromatic heterocycles. The average Bonchev–Trinajstić information content (AvgIpc) is 3.13. The van der Waals surface area contributed by atoms with E-state index in [9.17, 15) is 13.2 Å². The van der Waals surface area contributed by atoms with Crippen LogP contribution in [0.4, 0.5) is 5.69 Å².